The Hall–Kier alpha value is -2.89. The molecule has 2 aromatic heterocycles. The Morgan fingerprint density at radius 2 is 1.95 bits per heavy atom. The maximum absolute atomic E-state index is 12.2. The van der Waals surface area contributed by atoms with Crippen LogP contribution in [-0.4, -0.2) is 25.3 Å². The third-order valence-corrected chi connectivity index (χ3v) is 3.53. The Kier molecular flexibility index (Phi) is 3.50. The van der Waals surface area contributed by atoms with Gasteiger partial charge in [0.25, 0.3) is 5.56 Å². The molecule has 0 saturated carbocycles. The number of hydrogen-bond acceptors (Lipinski definition) is 3. The van der Waals surface area contributed by atoms with Crippen LogP contribution in [0.25, 0.3) is 16.9 Å². The molecule has 0 radical (unpaired) electrons. The number of benzene rings is 1. The molecule has 22 heavy (non-hydrogen) atoms. The lowest BCUT2D eigenvalue weighted by molar-refractivity contribution is -0.136. The fourth-order valence-corrected chi connectivity index (χ4v) is 2.57. The van der Waals surface area contributed by atoms with Gasteiger partial charge in [-0.3, -0.25) is 9.59 Å². The number of fused-ring (bicyclic) bond motifs is 1. The van der Waals surface area contributed by atoms with Crippen molar-refractivity contribution in [2.75, 3.05) is 0 Å². The lowest BCUT2D eigenvalue weighted by atomic mass is 10.1. The zero-order valence-electron chi connectivity index (χ0n) is 12.1. The standard InChI is InChI=1S/C16H15N3O3/c1-2-18-12(9-16(21)22)8-15(20)19-14(18)10-13(17-19)11-6-4-3-5-7-11/h3-8,10H,2,9H2,1H3,(H,21,22). The summed E-state index contributed by atoms with van der Waals surface area (Å²) in [5, 5.41) is 13.3. The molecule has 0 bridgehead atoms. The zero-order valence-corrected chi connectivity index (χ0v) is 12.1. The van der Waals surface area contributed by atoms with Gasteiger partial charge >= 0.3 is 5.97 Å². The smallest absolute Gasteiger partial charge is 0.309 e. The fraction of sp³-hybridized carbons (Fsp3) is 0.188. The summed E-state index contributed by atoms with van der Waals surface area (Å²) in [6, 6.07) is 12.7. The van der Waals surface area contributed by atoms with Crippen molar-refractivity contribution in [1.29, 1.82) is 0 Å². The second kappa shape index (κ2) is 5.48. The Morgan fingerprint density at radius 3 is 2.59 bits per heavy atom. The van der Waals surface area contributed by atoms with Crippen LogP contribution in [0.15, 0.2) is 47.3 Å². The van der Waals surface area contributed by atoms with Crippen molar-refractivity contribution in [3.8, 4) is 11.3 Å². The summed E-state index contributed by atoms with van der Waals surface area (Å²) >= 11 is 0. The second-order valence-corrected chi connectivity index (χ2v) is 4.95. The molecule has 3 aromatic rings. The Balaban J connectivity index is 2.25. The number of aliphatic carboxylic acids is 1. The number of rotatable bonds is 4. The van der Waals surface area contributed by atoms with Gasteiger partial charge in [0.05, 0.1) is 12.1 Å². The summed E-state index contributed by atoms with van der Waals surface area (Å²) < 4.78 is 3.12. The van der Waals surface area contributed by atoms with E-state index in [1.54, 1.807) is 4.57 Å². The average Bonchev–Trinajstić information content (AvgIpc) is 2.93. The average molecular weight is 297 g/mol. The molecule has 0 saturated heterocycles. The molecule has 0 amide bonds. The van der Waals surface area contributed by atoms with Crippen LogP contribution in [-0.2, 0) is 17.8 Å². The lowest BCUT2D eigenvalue weighted by Crippen LogP contribution is -2.22. The van der Waals surface area contributed by atoms with Crippen molar-refractivity contribution < 1.29 is 9.90 Å². The highest BCUT2D eigenvalue weighted by Crippen LogP contribution is 2.19. The van der Waals surface area contributed by atoms with E-state index >= 15 is 0 Å². The highest BCUT2D eigenvalue weighted by molar-refractivity contribution is 5.70. The summed E-state index contributed by atoms with van der Waals surface area (Å²) in [6.07, 6.45) is -0.189. The number of nitrogens with zero attached hydrogens (tertiary/aromatic N) is 3. The molecule has 0 aliphatic heterocycles. The van der Waals surface area contributed by atoms with E-state index in [1.165, 1.54) is 10.6 Å². The predicted molar refractivity (Wildman–Crippen MR) is 81.9 cm³/mol. The first-order valence-electron chi connectivity index (χ1n) is 7.00. The molecule has 2 heterocycles. The van der Waals surface area contributed by atoms with Crippen molar-refractivity contribution in [3.05, 3.63) is 58.5 Å². The van der Waals surface area contributed by atoms with Crippen LogP contribution in [0.5, 0.6) is 0 Å². The van der Waals surface area contributed by atoms with Gasteiger partial charge in [0.15, 0.2) is 0 Å². The molecule has 0 aliphatic rings. The van der Waals surface area contributed by atoms with Gasteiger partial charge in [-0.05, 0) is 6.92 Å². The molecule has 0 fully saturated rings. The molecular weight excluding hydrogens is 282 g/mol. The van der Waals surface area contributed by atoms with E-state index in [1.807, 2.05) is 43.3 Å². The molecule has 6 nitrogen and oxygen atoms in total. The van der Waals surface area contributed by atoms with E-state index in [0.717, 1.165) is 5.56 Å². The molecule has 112 valence electrons. The van der Waals surface area contributed by atoms with Gasteiger partial charge in [-0.15, -0.1) is 0 Å². The molecule has 0 aliphatic carbocycles. The summed E-state index contributed by atoms with van der Waals surface area (Å²) in [4.78, 5) is 23.2. The van der Waals surface area contributed by atoms with Gasteiger partial charge in [0, 0.05) is 29.9 Å². The number of hydrogen-bond donors (Lipinski definition) is 1. The van der Waals surface area contributed by atoms with E-state index < -0.39 is 5.97 Å². The molecular formula is C16H15N3O3. The van der Waals surface area contributed by atoms with Crippen LogP contribution in [0.3, 0.4) is 0 Å². The van der Waals surface area contributed by atoms with Crippen LogP contribution >= 0.6 is 0 Å². The van der Waals surface area contributed by atoms with Crippen LogP contribution in [0.4, 0.5) is 0 Å². The van der Waals surface area contributed by atoms with Gasteiger partial charge in [0.2, 0.25) is 0 Å². The lowest BCUT2D eigenvalue weighted by Gasteiger charge is -2.11. The van der Waals surface area contributed by atoms with E-state index in [4.69, 9.17) is 5.11 Å². The molecule has 1 N–H and O–H groups in total. The number of carbonyl (C=O) groups is 1. The topological polar surface area (TPSA) is 76.6 Å². The second-order valence-electron chi connectivity index (χ2n) is 4.95. The largest absolute Gasteiger partial charge is 0.481 e. The van der Waals surface area contributed by atoms with E-state index in [-0.39, 0.29) is 12.0 Å². The highest BCUT2D eigenvalue weighted by Gasteiger charge is 2.14. The minimum atomic E-state index is -0.964. The predicted octanol–water partition coefficient (Wildman–Crippen LogP) is 1.81. The monoisotopic (exact) mass is 297 g/mol. The van der Waals surface area contributed by atoms with E-state index in [9.17, 15) is 9.59 Å². The van der Waals surface area contributed by atoms with Gasteiger partial charge < -0.3 is 9.67 Å². The Labute approximate surface area is 126 Å². The van der Waals surface area contributed by atoms with Gasteiger partial charge in [-0.25, -0.2) is 0 Å². The fourth-order valence-electron chi connectivity index (χ4n) is 2.57. The van der Waals surface area contributed by atoms with Gasteiger partial charge in [-0.1, -0.05) is 30.3 Å². The van der Waals surface area contributed by atoms with E-state index in [2.05, 4.69) is 5.10 Å². The van der Waals surface area contributed by atoms with E-state index in [0.29, 0.717) is 23.6 Å². The molecule has 1 aromatic carbocycles. The first kappa shape index (κ1) is 14.1. The highest BCUT2D eigenvalue weighted by atomic mass is 16.4. The van der Waals surface area contributed by atoms with Crippen molar-refractivity contribution in [2.24, 2.45) is 0 Å². The number of carboxylic acid groups (broad SMARTS) is 1. The normalized spacial score (nSPS) is 11.0. The summed E-state index contributed by atoms with van der Waals surface area (Å²) in [6.45, 7) is 2.47. The van der Waals surface area contributed by atoms with Crippen LogP contribution in [0.1, 0.15) is 12.6 Å². The third-order valence-electron chi connectivity index (χ3n) is 3.53. The van der Waals surface area contributed by atoms with Crippen molar-refractivity contribution in [2.45, 2.75) is 19.9 Å². The maximum atomic E-state index is 12.2. The van der Waals surface area contributed by atoms with Crippen molar-refractivity contribution >= 4 is 11.6 Å². The minimum absolute atomic E-state index is 0.189. The van der Waals surface area contributed by atoms with Crippen LogP contribution < -0.4 is 5.56 Å². The van der Waals surface area contributed by atoms with Crippen LogP contribution in [0.2, 0.25) is 0 Å². The van der Waals surface area contributed by atoms with Crippen molar-refractivity contribution in [1.82, 2.24) is 14.2 Å². The molecule has 0 atom stereocenters. The van der Waals surface area contributed by atoms with Crippen molar-refractivity contribution in [3.63, 3.8) is 0 Å². The summed E-state index contributed by atoms with van der Waals surface area (Å²) in [5.41, 5.74) is 2.36. The van der Waals surface area contributed by atoms with Gasteiger partial charge in [0.1, 0.15) is 5.65 Å². The number of aryl methyl sites for hydroxylation is 1. The summed E-state index contributed by atoms with van der Waals surface area (Å²) in [7, 11) is 0. The molecule has 3 rings (SSSR count). The SMILES string of the molecule is CCn1c(CC(=O)O)cc(=O)n2nc(-c3ccccc3)cc12. The number of carboxylic acids is 1. The summed E-state index contributed by atoms with van der Waals surface area (Å²) in [5.74, 6) is -0.964. The minimum Gasteiger partial charge on any atom is -0.481 e. The first-order valence-corrected chi connectivity index (χ1v) is 7.00. The molecule has 6 heteroatoms. The quantitative estimate of drug-likeness (QED) is 0.796. The first-order chi connectivity index (χ1) is 10.6. The Morgan fingerprint density at radius 1 is 1.23 bits per heavy atom. The number of aromatic nitrogens is 3. The zero-order chi connectivity index (χ0) is 15.7. The Bertz CT molecular complexity index is 894. The molecule has 0 spiro atoms. The third kappa shape index (κ3) is 2.39. The molecule has 0 unspecified atom stereocenters. The van der Waals surface area contributed by atoms with Crippen LogP contribution in [0, 0.1) is 0 Å². The van der Waals surface area contributed by atoms with Gasteiger partial charge in [-0.2, -0.15) is 9.61 Å². The maximum Gasteiger partial charge on any atom is 0.309 e.